The standard InChI is InChI=1S/C46H78NO12P/c1-8-10-19-26-39(48)27-20-15-11-12-16-21-28-41(49)42(50)29-24-32-46(52)58-40(36-57-60(53,54)56-34-33-47(5,6)7)35-55-45(51)31-23-18-14-13-17-22-30-44-38(4)37(3)43(59-44)25-9-2/h11-12,15-16,20-21,27-28,39-42,48-50H,8-10,13-14,17-19,22-26,29-36H2,1-7H3/b15-11-,16-12+,27-20+,28-21+/t39-,40+,41-,42-/m0/s1. The highest BCUT2D eigenvalue weighted by Gasteiger charge is 2.22. The quantitative estimate of drug-likeness (QED) is 0.0198. The maximum atomic E-state index is 12.7. The molecule has 0 amide bonds. The van der Waals surface area contributed by atoms with Gasteiger partial charge in [-0.2, -0.15) is 0 Å². The van der Waals surface area contributed by atoms with Crippen molar-refractivity contribution in [2.45, 2.75) is 161 Å². The molecule has 0 aliphatic heterocycles. The van der Waals surface area contributed by atoms with E-state index >= 15 is 0 Å². The van der Waals surface area contributed by atoms with Crippen LogP contribution in [0.3, 0.4) is 0 Å². The number of nitrogens with zero attached hydrogens (tertiary/aromatic N) is 1. The van der Waals surface area contributed by atoms with Gasteiger partial charge in [0.05, 0.1) is 46.1 Å². The minimum Gasteiger partial charge on any atom is -0.756 e. The minimum absolute atomic E-state index is 0.0882. The fraction of sp³-hybridized carbons (Fsp3) is 0.696. The number of phosphoric acid groups is 1. The highest BCUT2D eigenvalue weighted by atomic mass is 31.2. The van der Waals surface area contributed by atoms with Crippen LogP contribution in [0.4, 0.5) is 0 Å². The molecule has 60 heavy (non-hydrogen) atoms. The molecule has 0 fully saturated rings. The van der Waals surface area contributed by atoms with Gasteiger partial charge < -0.3 is 47.6 Å². The van der Waals surface area contributed by atoms with Gasteiger partial charge in [0.1, 0.15) is 31.3 Å². The number of esters is 2. The number of furan rings is 1. The first-order valence-electron chi connectivity index (χ1n) is 22.0. The number of allylic oxidation sites excluding steroid dienone is 6. The predicted molar refractivity (Wildman–Crippen MR) is 234 cm³/mol. The Morgan fingerprint density at radius 1 is 0.717 bits per heavy atom. The van der Waals surface area contributed by atoms with E-state index in [-0.39, 0.29) is 32.3 Å². The molecule has 0 saturated carbocycles. The summed E-state index contributed by atoms with van der Waals surface area (Å²) >= 11 is 0. The van der Waals surface area contributed by atoms with Crippen molar-refractivity contribution in [3.63, 3.8) is 0 Å². The van der Waals surface area contributed by atoms with Gasteiger partial charge in [-0.3, -0.25) is 14.2 Å². The Labute approximate surface area is 360 Å². The second-order valence-electron chi connectivity index (χ2n) is 16.5. The van der Waals surface area contributed by atoms with E-state index in [9.17, 15) is 34.4 Å². The van der Waals surface area contributed by atoms with Crippen LogP contribution < -0.4 is 4.89 Å². The Morgan fingerprint density at radius 2 is 1.32 bits per heavy atom. The first-order valence-corrected chi connectivity index (χ1v) is 23.5. The molecular formula is C46H78NO12P. The molecule has 13 nitrogen and oxygen atoms in total. The second kappa shape index (κ2) is 31.9. The first kappa shape index (κ1) is 55.1. The number of phosphoric ester groups is 1. The van der Waals surface area contributed by atoms with Crippen molar-refractivity contribution in [2.24, 2.45) is 0 Å². The molecule has 1 aromatic rings. The summed E-state index contributed by atoms with van der Waals surface area (Å²) in [6, 6.07) is 0. The summed E-state index contributed by atoms with van der Waals surface area (Å²) in [5.74, 6) is 0.986. The molecule has 344 valence electrons. The number of hydrogen-bond acceptors (Lipinski definition) is 12. The molecule has 14 heteroatoms. The van der Waals surface area contributed by atoms with Crippen molar-refractivity contribution in [2.75, 3.05) is 47.5 Å². The lowest BCUT2D eigenvalue weighted by Gasteiger charge is -2.28. The van der Waals surface area contributed by atoms with Gasteiger partial charge in [-0.1, -0.05) is 107 Å². The first-order chi connectivity index (χ1) is 28.5. The summed E-state index contributed by atoms with van der Waals surface area (Å²) in [6.45, 7) is 7.82. The van der Waals surface area contributed by atoms with Gasteiger partial charge in [0.25, 0.3) is 7.82 Å². The molecule has 1 rings (SSSR count). The normalized spacial score (nSPS) is 15.6. The van der Waals surface area contributed by atoms with Crippen molar-refractivity contribution in [1.82, 2.24) is 0 Å². The topological polar surface area (TPSA) is 185 Å². The number of quaternary nitrogens is 1. The van der Waals surface area contributed by atoms with Crippen molar-refractivity contribution in [1.29, 1.82) is 0 Å². The summed E-state index contributed by atoms with van der Waals surface area (Å²) in [5.41, 5.74) is 2.53. The molecule has 0 aliphatic carbocycles. The summed E-state index contributed by atoms with van der Waals surface area (Å²) < 4.78 is 39.7. The molecule has 0 bridgehead atoms. The van der Waals surface area contributed by atoms with Crippen LogP contribution in [0.25, 0.3) is 0 Å². The summed E-state index contributed by atoms with van der Waals surface area (Å²) in [7, 11) is 0.914. The van der Waals surface area contributed by atoms with Crippen LogP contribution in [0, 0.1) is 13.8 Å². The van der Waals surface area contributed by atoms with Crippen molar-refractivity contribution < 1.29 is 61.8 Å². The summed E-state index contributed by atoms with van der Waals surface area (Å²) in [6.07, 6.45) is 22.4. The molecule has 0 aliphatic rings. The van der Waals surface area contributed by atoms with E-state index in [1.54, 1.807) is 42.5 Å². The minimum atomic E-state index is -4.74. The zero-order valence-electron chi connectivity index (χ0n) is 37.7. The Kier molecular flexibility index (Phi) is 29.3. The third kappa shape index (κ3) is 27.9. The Bertz CT molecular complexity index is 1490. The second-order valence-corrected chi connectivity index (χ2v) is 17.9. The molecule has 1 unspecified atom stereocenters. The summed E-state index contributed by atoms with van der Waals surface area (Å²) in [4.78, 5) is 37.7. The van der Waals surface area contributed by atoms with Gasteiger partial charge in [-0.05, 0) is 63.5 Å². The predicted octanol–water partition coefficient (Wildman–Crippen LogP) is 7.84. The molecule has 1 aromatic heterocycles. The monoisotopic (exact) mass is 868 g/mol. The van der Waals surface area contributed by atoms with Crippen LogP contribution in [0.1, 0.15) is 133 Å². The maximum Gasteiger partial charge on any atom is 0.306 e. The third-order valence-electron chi connectivity index (χ3n) is 9.89. The van der Waals surface area contributed by atoms with E-state index in [0.717, 1.165) is 88.6 Å². The summed E-state index contributed by atoms with van der Waals surface area (Å²) in [5, 5.41) is 30.6. The third-order valence-corrected chi connectivity index (χ3v) is 10.9. The van der Waals surface area contributed by atoms with Crippen molar-refractivity contribution in [3.8, 4) is 0 Å². The number of unbranched alkanes of at least 4 members (excludes halogenated alkanes) is 7. The molecule has 0 saturated heterocycles. The van der Waals surface area contributed by atoms with Crippen molar-refractivity contribution in [3.05, 3.63) is 71.3 Å². The number of aliphatic hydroxyl groups is 3. The zero-order chi connectivity index (χ0) is 44.8. The lowest BCUT2D eigenvalue weighted by Crippen LogP contribution is -2.37. The molecule has 3 N–H and O–H groups in total. The van der Waals surface area contributed by atoms with E-state index in [1.807, 2.05) is 21.1 Å². The number of hydrogen-bond donors (Lipinski definition) is 3. The fourth-order valence-corrected chi connectivity index (χ4v) is 6.75. The van der Waals surface area contributed by atoms with Crippen molar-refractivity contribution >= 4 is 19.8 Å². The molecule has 1 heterocycles. The van der Waals surface area contributed by atoms with E-state index in [4.69, 9.17) is 22.9 Å². The van der Waals surface area contributed by atoms with Gasteiger partial charge in [0.2, 0.25) is 0 Å². The van der Waals surface area contributed by atoms with Gasteiger partial charge >= 0.3 is 11.9 Å². The van der Waals surface area contributed by atoms with E-state index in [1.165, 1.54) is 17.2 Å². The van der Waals surface area contributed by atoms with Gasteiger partial charge in [0.15, 0.2) is 6.10 Å². The molecule has 0 aromatic carbocycles. The SMILES string of the molecule is CCCCC[C@H](O)/C=C/C=C\C=C\C=C\[C@H](O)[C@@H](O)CCCC(=O)O[C@H](COC(=O)CCCCCCCCc1oc(CCC)c(C)c1C)COP(=O)([O-])OCC[N+](C)(C)C. The van der Waals surface area contributed by atoms with Crippen LogP contribution in [-0.2, 0) is 45.5 Å². The average Bonchev–Trinajstić information content (AvgIpc) is 3.44. The smallest absolute Gasteiger partial charge is 0.306 e. The van der Waals surface area contributed by atoms with Crippen LogP contribution in [0.2, 0.25) is 0 Å². The van der Waals surface area contributed by atoms with Crippen LogP contribution in [0.15, 0.2) is 53.0 Å². The van der Waals surface area contributed by atoms with E-state index in [2.05, 4.69) is 27.7 Å². The number of likely N-dealkylation sites (N-methyl/N-ethyl adjacent to an activating group) is 1. The number of rotatable bonds is 35. The number of carbonyl (C=O) groups is 2. The Hall–Kier alpha value is -2.87. The van der Waals surface area contributed by atoms with Gasteiger partial charge in [0, 0.05) is 25.7 Å². The van der Waals surface area contributed by atoms with Crippen LogP contribution in [-0.4, -0.2) is 104 Å². The van der Waals surface area contributed by atoms with Crippen LogP contribution >= 0.6 is 7.82 Å². The number of ether oxygens (including phenoxy) is 2. The Balaban J connectivity index is 2.52. The lowest BCUT2D eigenvalue weighted by molar-refractivity contribution is -0.870. The van der Waals surface area contributed by atoms with E-state index < -0.39 is 57.4 Å². The number of carbonyl (C=O) groups excluding carboxylic acids is 2. The number of aliphatic hydroxyl groups excluding tert-OH is 3. The largest absolute Gasteiger partial charge is 0.756 e. The van der Waals surface area contributed by atoms with E-state index in [0.29, 0.717) is 17.4 Å². The highest BCUT2D eigenvalue weighted by Crippen LogP contribution is 2.38. The maximum absolute atomic E-state index is 12.7. The van der Waals surface area contributed by atoms with Gasteiger partial charge in [-0.15, -0.1) is 0 Å². The molecule has 5 atom stereocenters. The molecule has 0 radical (unpaired) electrons. The average molecular weight is 868 g/mol. The molecular weight excluding hydrogens is 789 g/mol. The van der Waals surface area contributed by atoms with Crippen LogP contribution in [0.5, 0.6) is 0 Å². The molecule has 0 spiro atoms. The lowest BCUT2D eigenvalue weighted by atomic mass is 10.0. The Morgan fingerprint density at radius 3 is 1.97 bits per heavy atom. The zero-order valence-corrected chi connectivity index (χ0v) is 38.6. The number of aryl methyl sites for hydroxylation is 2. The highest BCUT2D eigenvalue weighted by molar-refractivity contribution is 7.45. The fourth-order valence-electron chi connectivity index (χ4n) is 6.02. The van der Waals surface area contributed by atoms with Gasteiger partial charge in [-0.25, -0.2) is 0 Å².